The Hall–Kier alpha value is -3.26. The topological polar surface area (TPSA) is 78.7 Å². The predicted molar refractivity (Wildman–Crippen MR) is 86.6 cm³/mol. The summed E-state index contributed by atoms with van der Waals surface area (Å²) in [6.07, 6.45) is 4.90. The summed E-state index contributed by atoms with van der Waals surface area (Å²) in [5.41, 5.74) is 3.64. The number of nitrogens with one attached hydrogen (secondary N) is 1. The summed E-state index contributed by atoms with van der Waals surface area (Å²) < 4.78 is 0. The molecule has 0 aliphatic carbocycles. The summed E-state index contributed by atoms with van der Waals surface area (Å²) in [6, 6.07) is 11.2. The first kappa shape index (κ1) is 14.7. The number of nitrogens with zero attached hydrogens (tertiary/aromatic N) is 3. The van der Waals surface area contributed by atoms with Crippen molar-refractivity contribution in [3.63, 3.8) is 0 Å². The van der Waals surface area contributed by atoms with Gasteiger partial charge in [-0.05, 0) is 48.4 Å². The van der Waals surface area contributed by atoms with Crippen LogP contribution in [0.4, 0.5) is 0 Å². The summed E-state index contributed by atoms with van der Waals surface area (Å²) in [6.45, 7) is 2.30. The monoisotopic (exact) mass is 302 g/mol. The molecule has 3 aromatic rings. The standard InChI is InChI=1S/C18H14N4O/c1-12-6-15-7-13(8-16(9-19)17(15)21-10-12)11-22-18(23)14-2-4-20-5-3-14/h2-8,10H,11H2,1H3,(H,22,23). The van der Waals surface area contributed by atoms with E-state index in [9.17, 15) is 10.1 Å². The lowest BCUT2D eigenvalue weighted by atomic mass is 10.0. The van der Waals surface area contributed by atoms with Crippen molar-refractivity contribution in [1.29, 1.82) is 5.26 Å². The molecule has 5 nitrogen and oxygen atoms in total. The Bertz CT molecular complexity index is 913. The lowest BCUT2D eigenvalue weighted by Gasteiger charge is -2.08. The fourth-order valence-electron chi connectivity index (χ4n) is 2.40. The molecule has 1 aromatic carbocycles. The molecule has 0 aliphatic heterocycles. The van der Waals surface area contributed by atoms with Gasteiger partial charge in [-0.15, -0.1) is 0 Å². The zero-order chi connectivity index (χ0) is 16.2. The third kappa shape index (κ3) is 3.16. The van der Waals surface area contributed by atoms with Crippen molar-refractivity contribution in [3.8, 4) is 6.07 Å². The average Bonchev–Trinajstić information content (AvgIpc) is 2.59. The molecule has 0 radical (unpaired) electrons. The van der Waals surface area contributed by atoms with E-state index in [1.54, 1.807) is 36.8 Å². The first-order chi connectivity index (χ1) is 11.2. The van der Waals surface area contributed by atoms with Gasteiger partial charge in [-0.2, -0.15) is 5.26 Å². The van der Waals surface area contributed by atoms with E-state index in [1.807, 2.05) is 19.1 Å². The number of hydrogen-bond donors (Lipinski definition) is 1. The van der Waals surface area contributed by atoms with Crippen LogP contribution < -0.4 is 5.32 Å². The van der Waals surface area contributed by atoms with Crippen LogP contribution in [0.2, 0.25) is 0 Å². The smallest absolute Gasteiger partial charge is 0.251 e. The van der Waals surface area contributed by atoms with Crippen LogP contribution in [0.3, 0.4) is 0 Å². The molecule has 0 saturated heterocycles. The molecule has 2 heterocycles. The minimum Gasteiger partial charge on any atom is -0.348 e. The number of carbonyl (C=O) groups excluding carboxylic acids is 1. The van der Waals surface area contributed by atoms with E-state index in [2.05, 4.69) is 21.4 Å². The quantitative estimate of drug-likeness (QED) is 0.807. The van der Waals surface area contributed by atoms with Crippen molar-refractivity contribution in [2.45, 2.75) is 13.5 Å². The minimum atomic E-state index is -0.173. The summed E-state index contributed by atoms with van der Waals surface area (Å²) in [4.78, 5) is 20.3. The van der Waals surface area contributed by atoms with Gasteiger partial charge < -0.3 is 5.32 Å². The first-order valence-corrected chi connectivity index (χ1v) is 7.15. The lowest BCUT2D eigenvalue weighted by molar-refractivity contribution is 0.0951. The third-order valence-electron chi connectivity index (χ3n) is 3.50. The highest BCUT2D eigenvalue weighted by Crippen LogP contribution is 2.20. The van der Waals surface area contributed by atoms with Crippen LogP contribution >= 0.6 is 0 Å². The number of amides is 1. The second-order valence-corrected chi connectivity index (χ2v) is 5.26. The van der Waals surface area contributed by atoms with Gasteiger partial charge in [0.15, 0.2) is 0 Å². The Morgan fingerprint density at radius 3 is 2.78 bits per heavy atom. The largest absolute Gasteiger partial charge is 0.348 e. The molecule has 1 amide bonds. The fraction of sp³-hybridized carbons (Fsp3) is 0.111. The Balaban J connectivity index is 1.86. The molecule has 23 heavy (non-hydrogen) atoms. The van der Waals surface area contributed by atoms with Crippen LogP contribution in [-0.4, -0.2) is 15.9 Å². The molecule has 112 valence electrons. The highest BCUT2D eigenvalue weighted by molar-refractivity contribution is 5.94. The molecular weight excluding hydrogens is 288 g/mol. The maximum Gasteiger partial charge on any atom is 0.251 e. The number of aromatic nitrogens is 2. The normalized spacial score (nSPS) is 10.3. The van der Waals surface area contributed by atoms with Gasteiger partial charge in [0.1, 0.15) is 6.07 Å². The molecule has 0 fully saturated rings. The van der Waals surface area contributed by atoms with Crippen molar-refractivity contribution in [3.05, 3.63) is 71.2 Å². The molecule has 0 unspecified atom stereocenters. The van der Waals surface area contributed by atoms with Gasteiger partial charge in [0.2, 0.25) is 0 Å². The van der Waals surface area contributed by atoms with E-state index in [0.29, 0.717) is 23.2 Å². The minimum absolute atomic E-state index is 0.173. The second kappa shape index (κ2) is 6.24. The van der Waals surface area contributed by atoms with Crippen molar-refractivity contribution < 1.29 is 4.79 Å². The van der Waals surface area contributed by atoms with Crippen molar-refractivity contribution in [2.24, 2.45) is 0 Å². The zero-order valence-corrected chi connectivity index (χ0v) is 12.6. The highest BCUT2D eigenvalue weighted by atomic mass is 16.1. The SMILES string of the molecule is Cc1cnc2c(C#N)cc(CNC(=O)c3ccncc3)cc2c1. The van der Waals surface area contributed by atoms with Crippen LogP contribution in [0, 0.1) is 18.3 Å². The van der Waals surface area contributed by atoms with E-state index in [1.165, 1.54) is 0 Å². The van der Waals surface area contributed by atoms with Crippen LogP contribution in [0.1, 0.15) is 27.0 Å². The number of carbonyl (C=O) groups is 1. The Morgan fingerprint density at radius 2 is 2.04 bits per heavy atom. The van der Waals surface area contributed by atoms with Crippen LogP contribution in [0.25, 0.3) is 10.9 Å². The molecule has 3 rings (SSSR count). The van der Waals surface area contributed by atoms with Gasteiger partial charge >= 0.3 is 0 Å². The van der Waals surface area contributed by atoms with Gasteiger partial charge in [0, 0.05) is 36.1 Å². The van der Waals surface area contributed by atoms with Gasteiger partial charge in [-0.25, -0.2) is 0 Å². The molecule has 2 aromatic heterocycles. The highest BCUT2D eigenvalue weighted by Gasteiger charge is 2.08. The molecule has 0 saturated carbocycles. The predicted octanol–water partition coefficient (Wildman–Crippen LogP) is 2.74. The number of rotatable bonds is 3. The molecule has 1 N–H and O–H groups in total. The van der Waals surface area contributed by atoms with E-state index in [0.717, 1.165) is 16.5 Å². The number of nitriles is 1. The van der Waals surface area contributed by atoms with E-state index >= 15 is 0 Å². The molecule has 0 aliphatic rings. The van der Waals surface area contributed by atoms with Crippen molar-refractivity contribution in [1.82, 2.24) is 15.3 Å². The first-order valence-electron chi connectivity index (χ1n) is 7.15. The van der Waals surface area contributed by atoms with Crippen molar-refractivity contribution >= 4 is 16.8 Å². The number of benzene rings is 1. The molecule has 5 heteroatoms. The maximum atomic E-state index is 12.1. The molecule has 0 spiro atoms. The lowest BCUT2D eigenvalue weighted by Crippen LogP contribution is -2.22. The summed E-state index contributed by atoms with van der Waals surface area (Å²) in [7, 11) is 0. The number of hydrogen-bond acceptors (Lipinski definition) is 4. The average molecular weight is 302 g/mol. The van der Waals surface area contributed by atoms with Crippen LogP contribution in [0.5, 0.6) is 0 Å². The molecule has 0 atom stereocenters. The van der Waals surface area contributed by atoms with Crippen LogP contribution in [-0.2, 0) is 6.54 Å². The van der Waals surface area contributed by atoms with E-state index in [4.69, 9.17) is 0 Å². The van der Waals surface area contributed by atoms with Crippen molar-refractivity contribution in [2.75, 3.05) is 0 Å². The molecule has 0 bridgehead atoms. The van der Waals surface area contributed by atoms with Crippen LogP contribution in [0.15, 0.2) is 48.9 Å². The van der Waals surface area contributed by atoms with Gasteiger partial charge in [-0.1, -0.05) is 0 Å². The summed E-state index contributed by atoms with van der Waals surface area (Å²) in [5, 5.41) is 13.1. The summed E-state index contributed by atoms with van der Waals surface area (Å²) >= 11 is 0. The molecular formula is C18H14N4O. The van der Waals surface area contributed by atoms with Gasteiger partial charge in [0.05, 0.1) is 11.1 Å². The zero-order valence-electron chi connectivity index (χ0n) is 12.6. The van der Waals surface area contributed by atoms with E-state index < -0.39 is 0 Å². The maximum absolute atomic E-state index is 12.1. The van der Waals surface area contributed by atoms with E-state index in [-0.39, 0.29) is 5.91 Å². The third-order valence-corrected chi connectivity index (χ3v) is 3.50. The Kier molecular flexibility index (Phi) is 3.98. The van der Waals surface area contributed by atoms with Gasteiger partial charge in [-0.3, -0.25) is 14.8 Å². The van der Waals surface area contributed by atoms with Gasteiger partial charge in [0.25, 0.3) is 5.91 Å². The Labute approximate surface area is 133 Å². The second-order valence-electron chi connectivity index (χ2n) is 5.26. The fourth-order valence-corrected chi connectivity index (χ4v) is 2.40. The number of fused-ring (bicyclic) bond motifs is 1. The summed E-state index contributed by atoms with van der Waals surface area (Å²) in [5.74, 6) is -0.173. The number of pyridine rings is 2. The number of aryl methyl sites for hydroxylation is 1. The Morgan fingerprint density at radius 1 is 1.26 bits per heavy atom.